The van der Waals surface area contributed by atoms with Crippen LogP contribution in [0.5, 0.6) is 11.5 Å². The standard InChI is InChI=1S/C14H17N3O3/c1-8-13(9(2)17(3)16-8)20-12-7-10(14(18)19-4)5-6-11(12)15/h5-7H,15H2,1-4H3. The fraction of sp³-hybridized carbons (Fsp3) is 0.286. The predicted octanol–water partition coefficient (Wildman–Crippen LogP) is 2.20. The molecular weight excluding hydrogens is 258 g/mol. The molecule has 1 aromatic heterocycles. The first-order valence-corrected chi connectivity index (χ1v) is 6.10. The predicted molar refractivity (Wildman–Crippen MR) is 74.9 cm³/mol. The van der Waals surface area contributed by atoms with Crippen LogP contribution < -0.4 is 10.5 Å². The van der Waals surface area contributed by atoms with Gasteiger partial charge in [0.2, 0.25) is 0 Å². The van der Waals surface area contributed by atoms with Crippen LogP contribution in [0.25, 0.3) is 0 Å². The van der Waals surface area contributed by atoms with E-state index in [-0.39, 0.29) is 0 Å². The number of nitrogens with zero attached hydrogens (tertiary/aromatic N) is 2. The molecule has 0 saturated heterocycles. The molecule has 0 spiro atoms. The average molecular weight is 275 g/mol. The zero-order valence-corrected chi connectivity index (χ0v) is 11.9. The molecule has 0 fully saturated rings. The van der Waals surface area contributed by atoms with E-state index in [1.165, 1.54) is 7.11 Å². The SMILES string of the molecule is COC(=O)c1ccc(N)c(Oc2c(C)nn(C)c2C)c1. The number of rotatable bonds is 3. The minimum atomic E-state index is -0.436. The van der Waals surface area contributed by atoms with Crippen LogP contribution in [0.3, 0.4) is 0 Å². The molecule has 0 unspecified atom stereocenters. The quantitative estimate of drug-likeness (QED) is 0.686. The molecule has 1 heterocycles. The first kappa shape index (κ1) is 13.9. The number of ether oxygens (including phenoxy) is 2. The summed E-state index contributed by atoms with van der Waals surface area (Å²) in [6.07, 6.45) is 0. The maximum Gasteiger partial charge on any atom is 0.337 e. The molecule has 6 heteroatoms. The largest absolute Gasteiger partial charge is 0.465 e. The molecule has 0 aliphatic rings. The van der Waals surface area contributed by atoms with Gasteiger partial charge in [-0.3, -0.25) is 4.68 Å². The summed E-state index contributed by atoms with van der Waals surface area (Å²) in [6, 6.07) is 4.77. The van der Waals surface area contributed by atoms with E-state index in [9.17, 15) is 4.79 Å². The van der Waals surface area contributed by atoms with Gasteiger partial charge in [-0.05, 0) is 32.0 Å². The van der Waals surface area contributed by atoms with Crippen LogP contribution in [0.1, 0.15) is 21.7 Å². The van der Waals surface area contributed by atoms with Gasteiger partial charge in [0, 0.05) is 7.05 Å². The molecule has 0 aliphatic carbocycles. The van der Waals surface area contributed by atoms with Crippen LogP contribution >= 0.6 is 0 Å². The highest BCUT2D eigenvalue weighted by atomic mass is 16.5. The Morgan fingerprint density at radius 1 is 1.35 bits per heavy atom. The van der Waals surface area contributed by atoms with Gasteiger partial charge in [-0.25, -0.2) is 4.79 Å². The van der Waals surface area contributed by atoms with E-state index in [4.69, 9.17) is 10.5 Å². The van der Waals surface area contributed by atoms with Crippen molar-refractivity contribution in [2.75, 3.05) is 12.8 Å². The van der Waals surface area contributed by atoms with Crippen LogP contribution in [-0.2, 0) is 11.8 Å². The third-order valence-corrected chi connectivity index (χ3v) is 3.09. The number of anilines is 1. The topological polar surface area (TPSA) is 79.4 Å². The fourth-order valence-corrected chi connectivity index (χ4v) is 1.88. The second-order valence-electron chi connectivity index (χ2n) is 4.47. The Bertz CT molecular complexity index is 662. The number of hydrogen-bond donors (Lipinski definition) is 1. The number of methoxy groups -OCH3 is 1. The fourth-order valence-electron chi connectivity index (χ4n) is 1.88. The van der Waals surface area contributed by atoms with Crippen molar-refractivity contribution in [3.05, 3.63) is 35.2 Å². The number of nitrogens with two attached hydrogens (primary N) is 1. The van der Waals surface area contributed by atoms with Crippen LogP contribution in [0.4, 0.5) is 5.69 Å². The Morgan fingerprint density at radius 3 is 2.60 bits per heavy atom. The van der Waals surface area contributed by atoms with Crippen molar-refractivity contribution >= 4 is 11.7 Å². The summed E-state index contributed by atoms with van der Waals surface area (Å²) in [5.74, 6) is 0.614. The maximum absolute atomic E-state index is 11.5. The lowest BCUT2D eigenvalue weighted by Crippen LogP contribution is -2.03. The lowest BCUT2D eigenvalue weighted by molar-refractivity contribution is 0.0600. The highest BCUT2D eigenvalue weighted by Crippen LogP contribution is 2.32. The maximum atomic E-state index is 11.5. The summed E-state index contributed by atoms with van der Waals surface area (Å²) in [6.45, 7) is 3.75. The molecule has 0 radical (unpaired) electrons. The number of carbonyl (C=O) groups is 1. The van der Waals surface area contributed by atoms with Gasteiger partial charge < -0.3 is 15.2 Å². The minimum Gasteiger partial charge on any atom is -0.465 e. The monoisotopic (exact) mass is 275 g/mol. The molecule has 1 aromatic carbocycles. The molecule has 0 amide bonds. The van der Waals surface area contributed by atoms with E-state index in [1.807, 2.05) is 20.9 Å². The zero-order chi connectivity index (χ0) is 14.9. The van der Waals surface area contributed by atoms with Crippen molar-refractivity contribution in [1.82, 2.24) is 9.78 Å². The van der Waals surface area contributed by atoms with Gasteiger partial charge >= 0.3 is 5.97 Å². The Morgan fingerprint density at radius 2 is 2.05 bits per heavy atom. The number of aromatic nitrogens is 2. The number of carbonyl (C=O) groups excluding carboxylic acids is 1. The summed E-state index contributed by atoms with van der Waals surface area (Å²) >= 11 is 0. The normalized spacial score (nSPS) is 10.4. The van der Waals surface area contributed by atoms with Crippen molar-refractivity contribution in [2.45, 2.75) is 13.8 Å². The third kappa shape index (κ3) is 2.45. The van der Waals surface area contributed by atoms with Crippen molar-refractivity contribution in [3.63, 3.8) is 0 Å². The Kier molecular flexibility index (Phi) is 3.65. The average Bonchev–Trinajstić information content (AvgIpc) is 2.66. The second kappa shape index (κ2) is 5.24. The molecule has 0 atom stereocenters. The van der Waals surface area contributed by atoms with Crippen LogP contribution in [0.15, 0.2) is 18.2 Å². The van der Waals surface area contributed by atoms with Gasteiger partial charge in [-0.15, -0.1) is 0 Å². The number of benzene rings is 1. The van der Waals surface area contributed by atoms with Gasteiger partial charge in [0.05, 0.1) is 24.1 Å². The van der Waals surface area contributed by atoms with Gasteiger partial charge in [-0.1, -0.05) is 0 Å². The molecule has 6 nitrogen and oxygen atoms in total. The van der Waals surface area contributed by atoms with Gasteiger partial charge in [0.15, 0.2) is 11.5 Å². The molecule has 0 bridgehead atoms. The Labute approximate surface area is 117 Å². The van der Waals surface area contributed by atoms with Crippen molar-refractivity contribution in [2.24, 2.45) is 7.05 Å². The van der Waals surface area contributed by atoms with E-state index in [2.05, 4.69) is 9.84 Å². The number of esters is 1. The van der Waals surface area contributed by atoms with Crippen molar-refractivity contribution in [3.8, 4) is 11.5 Å². The lowest BCUT2D eigenvalue weighted by Gasteiger charge is -2.10. The van der Waals surface area contributed by atoms with E-state index in [0.717, 1.165) is 11.4 Å². The lowest BCUT2D eigenvalue weighted by atomic mass is 10.2. The summed E-state index contributed by atoms with van der Waals surface area (Å²) < 4.78 is 12.2. The molecule has 0 saturated carbocycles. The molecular formula is C14H17N3O3. The Hall–Kier alpha value is -2.50. The Balaban J connectivity index is 2.40. The highest BCUT2D eigenvalue weighted by molar-refractivity contribution is 5.90. The van der Waals surface area contributed by atoms with Gasteiger partial charge in [-0.2, -0.15) is 5.10 Å². The number of hydrogen-bond acceptors (Lipinski definition) is 5. The van der Waals surface area contributed by atoms with Crippen LogP contribution in [0, 0.1) is 13.8 Å². The summed E-state index contributed by atoms with van der Waals surface area (Å²) in [5, 5.41) is 4.27. The first-order chi connectivity index (χ1) is 9.43. The molecule has 2 N–H and O–H groups in total. The van der Waals surface area contributed by atoms with E-state index < -0.39 is 5.97 Å². The summed E-state index contributed by atoms with van der Waals surface area (Å²) in [7, 11) is 3.16. The highest BCUT2D eigenvalue weighted by Gasteiger charge is 2.15. The van der Waals surface area contributed by atoms with E-state index in [0.29, 0.717) is 22.7 Å². The molecule has 2 rings (SSSR count). The molecule has 20 heavy (non-hydrogen) atoms. The van der Waals surface area contributed by atoms with Crippen LogP contribution in [-0.4, -0.2) is 22.9 Å². The minimum absolute atomic E-state index is 0.385. The van der Waals surface area contributed by atoms with E-state index >= 15 is 0 Å². The van der Waals surface area contributed by atoms with Gasteiger partial charge in [0.25, 0.3) is 0 Å². The zero-order valence-electron chi connectivity index (χ0n) is 11.9. The number of aryl methyl sites for hydroxylation is 2. The molecule has 2 aromatic rings. The van der Waals surface area contributed by atoms with Crippen LogP contribution in [0.2, 0.25) is 0 Å². The second-order valence-corrected chi connectivity index (χ2v) is 4.47. The third-order valence-electron chi connectivity index (χ3n) is 3.09. The van der Waals surface area contributed by atoms with Crippen molar-refractivity contribution < 1.29 is 14.3 Å². The number of nitrogen functional groups attached to an aromatic ring is 1. The summed E-state index contributed by atoms with van der Waals surface area (Å²) in [5.41, 5.74) is 8.35. The van der Waals surface area contributed by atoms with E-state index in [1.54, 1.807) is 22.9 Å². The smallest absolute Gasteiger partial charge is 0.337 e. The van der Waals surface area contributed by atoms with Crippen molar-refractivity contribution in [1.29, 1.82) is 0 Å². The van der Waals surface area contributed by atoms with Gasteiger partial charge in [0.1, 0.15) is 5.69 Å². The first-order valence-electron chi connectivity index (χ1n) is 6.10. The molecule has 106 valence electrons. The summed E-state index contributed by atoms with van der Waals surface area (Å²) in [4.78, 5) is 11.5. The molecule has 0 aliphatic heterocycles.